The summed E-state index contributed by atoms with van der Waals surface area (Å²) in [5, 5.41) is 0.243. The van der Waals surface area contributed by atoms with E-state index in [-0.39, 0.29) is 10.6 Å². The maximum absolute atomic E-state index is 12.7. The van der Waals surface area contributed by atoms with Crippen molar-refractivity contribution in [3.05, 3.63) is 55.9 Å². The fourth-order valence-corrected chi connectivity index (χ4v) is 2.98. The van der Waals surface area contributed by atoms with Crippen molar-refractivity contribution >= 4 is 43.5 Å². The highest BCUT2D eigenvalue weighted by Crippen LogP contribution is 2.38. The van der Waals surface area contributed by atoms with E-state index < -0.39 is 11.7 Å². The first-order valence-corrected chi connectivity index (χ1v) is 6.99. The van der Waals surface area contributed by atoms with E-state index in [0.717, 1.165) is 16.6 Å². The molecule has 0 aliphatic heterocycles. The maximum Gasteiger partial charge on any atom is 0.416 e. The van der Waals surface area contributed by atoms with Crippen molar-refractivity contribution in [2.45, 2.75) is 6.18 Å². The molecular weight excluding hydrogens is 408 g/mol. The number of alkyl halides is 3. The number of rotatable bonds is 1. The average Bonchev–Trinajstić information content (AvgIpc) is 2.29. The van der Waals surface area contributed by atoms with Gasteiger partial charge < -0.3 is 0 Å². The van der Waals surface area contributed by atoms with Crippen molar-refractivity contribution in [1.29, 1.82) is 0 Å². The highest BCUT2D eigenvalue weighted by Gasteiger charge is 2.31. The zero-order valence-corrected chi connectivity index (χ0v) is 13.1. The van der Waals surface area contributed by atoms with E-state index in [2.05, 4.69) is 37.9 Å². The van der Waals surface area contributed by atoms with Gasteiger partial charge in [-0.2, -0.15) is 13.2 Å². The Morgan fingerprint density at radius 2 is 1.79 bits per heavy atom. The Kier molecular flexibility index (Phi) is 4.28. The van der Waals surface area contributed by atoms with E-state index in [4.69, 9.17) is 11.6 Å². The fraction of sp³-hybridized carbons (Fsp3) is 0.0769. The van der Waals surface area contributed by atoms with Crippen LogP contribution in [0, 0.1) is 6.07 Å². The van der Waals surface area contributed by atoms with Crippen molar-refractivity contribution in [2.75, 3.05) is 0 Å². The molecule has 2 aromatic rings. The molecule has 2 rings (SSSR count). The Hall–Kier alpha value is -0.520. The van der Waals surface area contributed by atoms with Crippen LogP contribution in [0.1, 0.15) is 5.56 Å². The quantitative estimate of drug-likeness (QED) is 0.511. The van der Waals surface area contributed by atoms with Crippen LogP contribution in [0.2, 0.25) is 5.02 Å². The molecule has 0 nitrogen and oxygen atoms in total. The van der Waals surface area contributed by atoms with Gasteiger partial charge in [0.05, 0.1) is 5.56 Å². The Bertz CT molecular complexity index is 624. The summed E-state index contributed by atoms with van der Waals surface area (Å²) in [6, 6.07) is 9.46. The van der Waals surface area contributed by atoms with Crippen molar-refractivity contribution in [2.24, 2.45) is 0 Å². The summed E-state index contributed by atoms with van der Waals surface area (Å²) >= 11 is 12.5. The largest absolute Gasteiger partial charge is 0.416 e. The third-order valence-electron chi connectivity index (χ3n) is 2.42. The molecular formula is C13H5Br2ClF3. The number of benzene rings is 2. The second-order valence-electron chi connectivity index (χ2n) is 3.73. The van der Waals surface area contributed by atoms with Crippen LogP contribution >= 0.6 is 43.5 Å². The topological polar surface area (TPSA) is 0 Å². The first-order valence-electron chi connectivity index (χ1n) is 5.03. The van der Waals surface area contributed by atoms with Gasteiger partial charge in [0.25, 0.3) is 0 Å². The first kappa shape index (κ1) is 14.9. The summed E-state index contributed by atoms with van der Waals surface area (Å²) < 4.78 is 39.5. The van der Waals surface area contributed by atoms with Gasteiger partial charge in [-0.15, -0.1) is 0 Å². The highest BCUT2D eigenvalue weighted by molar-refractivity contribution is 9.11. The van der Waals surface area contributed by atoms with Crippen molar-refractivity contribution in [1.82, 2.24) is 0 Å². The van der Waals surface area contributed by atoms with E-state index in [9.17, 15) is 13.2 Å². The highest BCUT2D eigenvalue weighted by atomic mass is 79.9. The van der Waals surface area contributed by atoms with Crippen molar-refractivity contribution in [3.63, 3.8) is 0 Å². The molecule has 0 fully saturated rings. The first-order chi connectivity index (χ1) is 8.79. The lowest BCUT2D eigenvalue weighted by Gasteiger charge is -2.11. The summed E-state index contributed by atoms with van der Waals surface area (Å²) in [5.74, 6) is 0. The van der Waals surface area contributed by atoms with E-state index in [0.29, 0.717) is 10.0 Å². The average molecular weight is 413 g/mol. The molecule has 0 saturated carbocycles. The van der Waals surface area contributed by atoms with Crippen LogP contribution < -0.4 is 0 Å². The molecule has 6 heteroatoms. The second kappa shape index (κ2) is 5.46. The van der Waals surface area contributed by atoms with E-state index in [1.807, 2.05) is 0 Å². The predicted molar refractivity (Wildman–Crippen MR) is 76.1 cm³/mol. The molecule has 0 amide bonds. The minimum Gasteiger partial charge on any atom is -0.166 e. The summed E-state index contributed by atoms with van der Waals surface area (Å²) in [4.78, 5) is 0. The molecule has 2 aromatic carbocycles. The monoisotopic (exact) mass is 411 g/mol. The van der Waals surface area contributed by atoms with Crippen LogP contribution in [-0.2, 0) is 6.18 Å². The molecule has 0 aliphatic carbocycles. The predicted octanol–water partition coefficient (Wildman–Crippen LogP) is 6.35. The van der Waals surface area contributed by atoms with Gasteiger partial charge in [-0.05, 0) is 36.4 Å². The lowest BCUT2D eigenvalue weighted by atomic mass is 10.0. The number of hydrogen-bond donors (Lipinski definition) is 0. The molecule has 0 aromatic heterocycles. The van der Waals surface area contributed by atoms with Crippen LogP contribution in [0.5, 0.6) is 0 Å². The Balaban J connectivity index is 2.61. The van der Waals surface area contributed by atoms with Crippen LogP contribution in [0.25, 0.3) is 11.1 Å². The van der Waals surface area contributed by atoms with Crippen LogP contribution in [0.15, 0.2) is 39.3 Å². The third-order valence-corrected chi connectivity index (χ3v) is 3.83. The molecule has 0 unspecified atom stereocenters. The molecule has 0 bridgehead atoms. The zero-order valence-electron chi connectivity index (χ0n) is 9.15. The second-order valence-corrected chi connectivity index (χ2v) is 5.91. The van der Waals surface area contributed by atoms with Crippen molar-refractivity contribution in [3.8, 4) is 11.1 Å². The standard InChI is InChI=1S/C13H5Br2ClF3/c14-8-2-3-9(11(15)6-8)10-5-7(13(17,18)19)1-4-12(10)16/h1-2,4-6H. The molecule has 0 N–H and O–H groups in total. The fourth-order valence-electron chi connectivity index (χ4n) is 1.54. The van der Waals surface area contributed by atoms with Gasteiger partial charge in [0.2, 0.25) is 0 Å². The minimum atomic E-state index is -4.40. The lowest BCUT2D eigenvalue weighted by Crippen LogP contribution is -2.04. The Labute approximate surface area is 129 Å². The van der Waals surface area contributed by atoms with E-state index in [1.54, 1.807) is 12.1 Å². The van der Waals surface area contributed by atoms with Gasteiger partial charge >= 0.3 is 6.18 Å². The third kappa shape index (κ3) is 3.33. The van der Waals surface area contributed by atoms with Crippen LogP contribution in [0.3, 0.4) is 0 Å². The molecule has 0 aliphatic rings. The zero-order chi connectivity index (χ0) is 14.2. The lowest BCUT2D eigenvalue weighted by molar-refractivity contribution is -0.137. The number of halogens is 6. The minimum absolute atomic E-state index is 0.243. The van der Waals surface area contributed by atoms with Gasteiger partial charge in [-0.3, -0.25) is 0 Å². The van der Waals surface area contributed by atoms with Gasteiger partial charge in [0, 0.05) is 25.1 Å². The normalized spacial score (nSPS) is 11.7. The summed E-state index contributed by atoms with van der Waals surface area (Å²) in [6.45, 7) is 0. The Morgan fingerprint density at radius 1 is 1.11 bits per heavy atom. The summed E-state index contributed by atoms with van der Waals surface area (Å²) in [5.41, 5.74) is 0.0327. The molecule has 19 heavy (non-hydrogen) atoms. The Morgan fingerprint density at radius 3 is 2.37 bits per heavy atom. The van der Waals surface area contributed by atoms with Gasteiger partial charge in [0.1, 0.15) is 0 Å². The molecule has 1 radical (unpaired) electrons. The van der Waals surface area contributed by atoms with Gasteiger partial charge in [0.15, 0.2) is 0 Å². The molecule has 0 saturated heterocycles. The molecule has 99 valence electrons. The molecule has 0 atom stereocenters. The summed E-state index contributed by atoms with van der Waals surface area (Å²) in [7, 11) is 0. The molecule has 0 heterocycles. The van der Waals surface area contributed by atoms with Crippen LogP contribution in [-0.4, -0.2) is 0 Å². The number of hydrogen-bond acceptors (Lipinski definition) is 0. The van der Waals surface area contributed by atoms with E-state index >= 15 is 0 Å². The molecule has 0 spiro atoms. The maximum atomic E-state index is 12.7. The SMILES string of the molecule is FC(F)(F)c1ccc(Cl)c(-c2[c]cc(Br)cc2Br)c1. The van der Waals surface area contributed by atoms with E-state index in [1.165, 1.54) is 6.07 Å². The van der Waals surface area contributed by atoms with Crippen molar-refractivity contribution < 1.29 is 13.2 Å². The van der Waals surface area contributed by atoms with Gasteiger partial charge in [-0.1, -0.05) is 43.5 Å². The summed E-state index contributed by atoms with van der Waals surface area (Å²) in [6.07, 6.45) is -4.40. The van der Waals surface area contributed by atoms with Gasteiger partial charge in [-0.25, -0.2) is 0 Å². The smallest absolute Gasteiger partial charge is 0.166 e. The van der Waals surface area contributed by atoms with Crippen LogP contribution in [0.4, 0.5) is 13.2 Å².